The first-order valence-corrected chi connectivity index (χ1v) is 9.40. The van der Waals surface area contributed by atoms with Crippen LogP contribution in [0.4, 0.5) is 14.9 Å². The summed E-state index contributed by atoms with van der Waals surface area (Å²) < 4.78 is 18.6. The Labute approximate surface area is 163 Å². The van der Waals surface area contributed by atoms with Crippen LogP contribution in [-0.4, -0.2) is 42.6 Å². The summed E-state index contributed by atoms with van der Waals surface area (Å²) in [6.07, 6.45) is 1.30. The first kappa shape index (κ1) is 19.7. The lowest BCUT2D eigenvalue weighted by molar-refractivity contribution is 0.0919. The number of hydrogen-bond donors (Lipinski definition) is 2. The van der Waals surface area contributed by atoms with E-state index in [2.05, 4.69) is 10.6 Å². The smallest absolute Gasteiger partial charge is 0.321 e. The highest BCUT2D eigenvalue weighted by atomic mass is 19.1. The summed E-state index contributed by atoms with van der Waals surface area (Å²) in [6.45, 7) is 3.59. The van der Waals surface area contributed by atoms with Gasteiger partial charge in [0, 0.05) is 30.4 Å². The maximum absolute atomic E-state index is 13.2. The van der Waals surface area contributed by atoms with Crippen molar-refractivity contribution in [2.24, 2.45) is 0 Å². The molecule has 2 aromatic rings. The fourth-order valence-electron chi connectivity index (χ4n) is 3.13. The number of anilines is 1. The summed E-state index contributed by atoms with van der Waals surface area (Å²) >= 11 is 0. The van der Waals surface area contributed by atoms with Crippen LogP contribution in [0, 0.1) is 5.82 Å². The lowest BCUT2D eigenvalue weighted by Gasteiger charge is -2.32. The Morgan fingerprint density at radius 1 is 1.14 bits per heavy atom. The quantitative estimate of drug-likeness (QED) is 0.825. The molecule has 7 heteroatoms. The molecule has 1 saturated heterocycles. The molecule has 148 valence electrons. The minimum Gasteiger partial charge on any atom is -0.494 e. The number of urea groups is 1. The molecule has 0 unspecified atom stereocenters. The van der Waals surface area contributed by atoms with Crippen LogP contribution in [0.1, 0.15) is 30.1 Å². The Kier molecular flexibility index (Phi) is 6.47. The number of amides is 3. The number of ether oxygens (including phenoxy) is 1. The van der Waals surface area contributed by atoms with Gasteiger partial charge in [-0.25, -0.2) is 9.18 Å². The number of nitrogens with zero attached hydrogens (tertiary/aromatic N) is 1. The predicted molar refractivity (Wildman–Crippen MR) is 105 cm³/mol. The molecule has 1 aliphatic heterocycles. The van der Waals surface area contributed by atoms with E-state index in [9.17, 15) is 14.0 Å². The second-order valence-electron chi connectivity index (χ2n) is 6.63. The molecule has 3 rings (SSSR count). The summed E-state index contributed by atoms with van der Waals surface area (Å²) in [6, 6.07) is 12.6. The van der Waals surface area contributed by atoms with Crippen molar-refractivity contribution in [3.8, 4) is 5.75 Å². The van der Waals surface area contributed by atoms with Gasteiger partial charge in [0.1, 0.15) is 11.6 Å². The average Bonchev–Trinajstić information content (AvgIpc) is 2.70. The number of halogens is 1. The zero-order valence-electron chi connectivity index (χ0n) is 15.8. The average molecular weight is 385 g/mol. The lowest BCUT2D eigenvalue weighted by atomic mass is 10.0. The standard InChI is InChI=1S/C21H24FN3O3/c1-2-28-19-8-6-17(7-9-19)24-21(27)25-12-10-18(11-13-25)23-20(26)15-4-3-5-16(22)14-15/h3-9,14,18H,2,10-13H2,1H3,(H,23,26)(H,24,27). The molecule has 0 aliphatic carbocycles. The van der Waals surface area contributed by atoms with E-state index in [1.54, 1.807) is 23.1 Å². The van der Waals surface area contributed by atoms with Gasteiger partial charge < -0.3 is 20.3 Å². The molecule has 0 bridgehead atoms. The van der Waals surface area contributed by atoms with E-state index in [1.807, 2.05) is 19.1 Å². The number of likely N-dealkylation sites (tertiary alicyclic amines) is 1. The fraction of sp³-hybridized carbons (Fsp3) is 0.333. The van der Waals surface area contributed by atoms with Crippen LogP contribution in [0.3, 0.4) is 0 Å². The van der Waals surface area contributed by atoms with Crippen LogP contribution in [0.2, 0.25) is 0 Å². The Bertz CT molecular complexity index is 818. The maximum atomic E-state index is 13.2. The van der Waals surface area contributed by atoms with Crippen LogP contribution in [0.15, 0.2) is 48.5 Å². The van der Waals surface area contributed by atoms with Crippen LogP contribution < -0.4 is 15.4 Å². The van der Waals surface area contributed by atoms with E-state index in [0.717, 1.165) is 5.75 Å². The summed E-state index contributed by atoms with van der Waals surface area (Å²) in [4.78, 5) is 26.4. The van der Waals surface area contributed by atoms with Crippen molar-refractivity contribution >= 4 is 17.6 Å². The van der Waals surface area contributed by atoms with E-state index < -0.39 is 5.82 Å². The van der Waals surface area contributed by atoms with Crippen molar-refractivity contribution in [2.75, 3.05) is 25.0 Å². The molecule has 2 N–H and O–H groups in total. The van der Waals surface area contributed by atoms with Gasteiger partial charge in [-0.1, -0.05) is 6.07 Å². The van der Waals surface area contributed by atoms with Crippen LogP contribution in [0.25, 0.3) is 0 Å². The van der Waals surface area contributed by atoms with Gasteiger partial charge >= 0.3 is 6.03 Å². The summed E-state index contributed by atoms with van der Waals surface area (Å²) in [5, 5.41) is 5.78. The van der Waals surface area contributed by atoms with E-state index in [1.165, 1.54) is 18.2 Å². The highest BCUT2D eigenvalue weighted by molar-refractivity contribution is 5.94. The van der Waals surface area contributed by atoms with Gasteiger partial charge in [0.05, 0.1) is 6.61 Å². The van der Waals surface area contributed by atoms with Crippen molar-refractivity contribution < 1.29 is 18.7 Å². The van der Waals surface area contributed by atoms with Crippen molar-refractivity contribution in [3.63, 3.8) is 0 Å². The zero-order valence-corrected chi connectivity index (χ0v) is 15.8. The molecule has 3 amide bonds. The number of nitrogens with one attached hydrogen (secondary N) is 2. The van der Waals surface area contributed by atoms with E-state index in [0.29, 0.717) is 43.8 Å². The van der Waals surface area contributed by atoms with Crippen molar-refractivity contribution in [2.45, 2.75) is 25.8 Å². The Balaban J connectivity index is 1.46. The summed E-state index contributed by atoms with van der Waals surface area (Å²) in [7, 11) is 0. The first-order chi connectivity index (χ1) is 13.5. The van der Waals surface area contributed by atoms with Crippen LogP contribution in [0.5, 0.6) is 5.75 Å². The molecule has 0 atom stereocenters. The Morgan fingerprint density at radius 2 is 1.86 bits per heavy atom. The Morgan fingerprint density at radius 3 is 2.50 bits per heavy atom. The van der Waals surface area contributed by atoms with Crippen molar-refractivity contribution in [3.05, 3.63) is 59.9 Å². The maximum Gasteiger partial charge on any atom is 0.321 e. The second kappa shape index (κ2) is 9.21. The lowest BCUT2D eigenvalue weighted by Crippen LogP contribution is -2.47. The fourth-order valence-corrected chi connectivity index (χ4v) is 3.13. The third kappa shape index (κ3) is 5.22. The summed E-state index contributed by atoms with van der Waals surface area (Å²) in [5.74, 6) is 0.0283. The molecule has 28 heavy (non-hydrogen) atoms. The minimum atomic E-state index is -0.437. The number of carbonyl (C=O) groups is 2. The van der Waals surface area contributed by atoms with Gasteiger partial charge in [0.25, 0.3) is 5.91 Å². The third-order valence-electron chi connectivity index (χ3n) is 4.62. The largest absolute Gasteiger partial charge is 0.494 e. The molecule has 1 aliphatic rings. The molecular formula is C21H24FN3O3. The van der Waals surface area contributed by atoms with Gasteiger partial charge in [-0.2, -0.15) is 0 Å². The Hall–Kier alpha value is -3.09. The van der Waals surface area contributed by atoms with Crippen LogP contribution in [-0.2, 0) is 0 Å². The van der Waals surface area contributed by atoms with E-state index in [-0.39, 0.29) is 18.0 Å². The number of piperidine rings is 1. The molecule has 0 saturated carbocycles. The molecular weight excluding hydrogens is 361 g/mol. The monoisotopic (exact) mass is 385 g/mol. The molecule has 2 aromatic carbocycles. The normalized spacial score (nSPS) is 14.4. The topological polar surface area (TPSA) is 70.7 Å². The highest BCUT2D eigenvalue weighted by Crippen LogP contribution is 2.17. The van der Waals surface area contributed by atoms with Crippen molar-refractivity contribution in [1.82, 2.24) is 10.2 Å². The highest BCUT2D eigenvalue weighted by Gasteiger charge is 2.24. The van der Waals surface area contributed by atoms with Gasteiger partial charge in [-0.3, -0.25) is 4.79 Å². The number of hydrogen-bond acceptors (Lipinski definition) is 3. The number of carbonyl (C=O) groups excluding carboxylic acids is 2. The van der Waals surface area contributed by atoms with Crippen molar-refractivity contribution in [1.29, 1.82) is 0 Å². The van der Waals surface area contributed by atoms with E-state index in [4.69, 9.17) is 4.74 Å². The molecule has 0 aromatic heterocycles. The number of rotatable bonds is 5. The first-order valence-electron chi connectivity index (χ1n) is 9.40. The van der Waals surface area contributed by atoms with Gasteiger partial charge in [0.2, 0.25) is 0 Å². The van der Waals surface area contributed by atoms with Crippen LogP contribution >= 0.6 is 0 Å². The summed E-state index contributed by atoms with van der Waals surface area (Å²) in [5.41, 5.74) is 1.01. The SMILES string of the molecule is CCOc1ccc(NC(=O)N2CCC(NC(=O)c3cccc(F)c3)CC2)cc1. The number of benzene rings is 2. The van der Waals surface area contributed by atoms with Gasteiger partial charge in [-0.15, -0.1) is 0 Å². The second-order valence-corrected chi connectivity index (χ2v) is 6.63. The van der Waals surface area contributed by atoms with Gasteiger partial charge in [0.15, 0.2) is 0 Å². The third-order valence-corrected chi connectivity index (χ3v) is 4.62. The molecule has 0 spiro atoms. The zero-order chi connectivity index (χ0) is 19.9. The molecule has 1 heterocycles. The minimum absolute atomic E-state index is 0.0368. The predicted octanol–water partition coefficient (Wildman–Crippen LogP) is 3.65. The van der Waals surface area contributed by atoms with E-state index >= 15 is 0 Å². The molecule has 0 radical (unpaired) electrons. The molecule has 6 nitrogen and oxygen atoms in total. The van der Waals surface area contributed by atoms with Gasteiger partial charge in [-0.05, 0) is 62.2 Å². The molecule has 1 fully saturated rings.